The van der Waals surface area contributed by atoms with E-state index in [-0.39, 0.29) is 18.0 Å². The molecule has 1 rings (SSSR count). The lowest BCUT2D eigenvalue weighted by Crippen LogP contribution is -2.37. The second-order valence-electron chi connectivity index (χ2n) is 3.63. The number of nitrogens with zero attached hydrogens (tertiary/aromatic N) is 2. The Balaban J connectivity index is 2.60. The lowest BCUT2D eigenvalue weighted by Gasteiger charge is -2.16. The molecule has 0 saturated carbocycles. The third kappa shape index (κ3) is 3.34. The Hall–Kier alpha value is -0.840. The van der Waals surface area contributed by atoms with Crippen LogP contribution in [-0.4, -0.2) is 21.7 Å². The van der Waals surface area contributed by atoms with Gasteiger partial charge in [0.2, 0.25) is 5.91 Å². The second kappa shape index (κ2) is 5.30. The Morgan fingerprint density at radius 3 is 2.80 bits per heavy atom. The maximum Gasteiger partial charge on any atom is 0.244 e. The van der Waals surface area contributed by atoms with Crippen LogP contribution in [0.25, 0.3) is 0 Å². The largest absolute Gasteiger partial charge is 0.352 e. The lowest BCUT2D eigenvalue weighted by molar-refractivity contribution is -0.124. The molecule has 0 saturated heterocycles. The number of nitrogens with one attached hydrogen (secondary N) is 1. The molecule has 0 aliphatic heterocycles. The van der Waals surface area contributed by atoms with Gasteiger partial charge in [0, 0.05) is 12.2 Å². The monoisotopic (exact) mass is 273 g/mol. The van der Waals surface area contributed by atoms with Crippen LogP contribution in [0, 0.1) is 0 Å². The zero-order valence-corrected chi connectivity index (χ0v) is 10.8. The van der Waals surface area contributed by atoms with E-state index in [1.54, 1.807) is 17.1 Å². The maximum absolute atomic E-state index is 11.7. The highest BCUT2D eigenvalue weighted by Gasteiger charge is 2.16. The molecule has 4 nitrogen and oxygen atoms in total. The summed E-state index contributed by atoms with van der Waals surface area (Å²) in [6.45, 7) is 5.86. The zero-order valence-electron chi connectivity index (χ0n) is 9.20. The van der Waals surface area contributed by atoms with Gasteiger partial charge in [-0.3, -0.25) is 9.48 Å². The number of halogens is 1. The first-order valence-corrected chi connectivity index (χ1v) is 5.84. The number of aromatic nitrogens is 2. The van der Waals surface area contributed by atoms with E-state index in [0.29, 0.717) is 0 Å². The van der Waals surface area contributed by atoms with Gasteiger partial charge in [0.15, 0.2) is 0 Å². The van der Waals surface area contributed by atoms with Gasteiger partial charge in [0.1, 0.15) is 6.04 Å². The first-order chi connectivity index (χ1) is 7.04. The molecule has 0 spiro atoms. The van der Waals surface area contributed by atoms with E-state index in [1.807, 2.05) is 20.8 Å². The number of hydrogen-bond acceptors (Lipinski definition) is 2. The summed E-state index contributed by atoms with van der Waals surface area (Å²) in [5.41, 5.74) is 0. The minimum absolute atomic E-state index is 0.0000463. The van der Waals surface area contributed by atoms with E-state index in [9.17, 15) is 4.79 Å². The average molecular weight is 274 g/mol. The highest BCUT2D eigenvalue weighted by atomic mass is 79.9. The summed E-state index contributed by atoms with van der Waals surface area (Å²) in [5.74, 6) is -0.0000463. The Morgan fingerprint density at radius 1 is 1.67 bits per heavy atom. The number of carbonyl (C=O) groups is 1. The highest BCUT2D eigenvalue weighted by Crippen LogP contribution is 2.11. The highest BCUT2D eigenvalue weighted by molar-refractivity contribution is 9.10. The summed E-state index contributed by atoms with van der Waals surface area (Å²) < 4.78 is 2.52. The predicted molar refractivity (Wildman–Crippen MR) is 62.5 cm³/mol. The topological polar surface area (TPSA) is 46.9 Å². The zero-order chi connectivity index (χ0) is 11.4. The first kappa shape index (κ1) is 12.2. The summed E-state index contributed by atoms with van der Waals surface area (Å²) in [6, 6.07) is -0.0655. The van der Waals surface area contributed by atoms with E-state index >= 15 is 0 Å². The predicted octanol–water partition coefficient (Wildman–Crippen LogP) is 2.12. The fraction of sp³-hybridized carbons (Fsp3) is 0.600. The van der Waals surface area contributed by atoms with Crippen LogP contribution in [0.5, 0.6) is 0 Å². The van der Waals surface area contributed by atoms with Crippen LogP contribution in [0.4, 0.5) is 0 Å². The van der Waals surface area contributed by atoms with E-state index in [2.05, 4.69) is 26.3 Å². The minimum Gasteiger partial charge on any atom is -0.352 e. The summed E-state index contributed by atoms with van der Waals surface area (Å²) in [4.78, 5) is 11.7. The van der Waals surface area contributed by atoms with Gasteiger partial charge in [-0.05, 0) is 36.2 Å². The molecule has 0 radical (unpaired) electrons. The van der Waals surface area contributed by atoms with E-state index in [0.717, 1.165) is 10.9 Å². The van der Waals surface area contributed by atoms with Crippen LogP contribution in [0.1, 0.15) is 33.2 Å². The number of amides is 1. The van der Waals surface area contributed by atoms with E-state index in [4.69, 9.17) is 0 Å². The number of carbonyl (C=O) groups excluding carboxylic acids is 1. The quantitative estimate of drug-likeness (QED) is 0.914. The molecular formula is C10H16BrN3O. The molecule has 1 heterocycles. The van der Waals surface area contributed by atoms with Crippen LogP contribution in [0.2, 0.25) is 0 Å². The SMILES string of the molecule is CC[C@H](C)NC(=O)[C@@H](C)n1cc(Br)cn1. The summed E-state index contributed by atoms with van der Waals surface area (Å²) in [5, 5.41) is 7.00. The third-order valence-corrected chi connectivity index (χ3v) is 2.76. The summed E-state index contributed by atoms with van der Waals surface area (Å²) in [6.07, 6.45) is 4.40. The van der Waals surface area contributed by atoms with Crippen molar-refractivity contribution >= 4 is 21.8 Å². The van der Waals surface area contributed by atoms with Gasteiger partial charge >= 0.3 is 0 Å². The average Bonchev–Trinajstić information content (AvgIpc) is 2.63. The minimum atomic E-state index is -0.273. The van der Waals surface area contributed by atoms with Gasteiger partial charge in [0.05, 0.1) is 10.7 Å². The molecule has 1 aromatic rings. The fourth-order valence-corrected chi connectivity index (χ4v) is 1.41. The molecule has 0 aliphatic rings. The molecule has 0 unspecified atom stereocenters. The van der Waals surface area contributed by atoms with Gasteiger partial charge in [-0.2, -0.15) is 5.10 Å². The molecule has 0 aliphatic carbocycles. The van der Waals surface area contributed by atoms with Crippen molar-refractivity contribution in [2.75, 3.05) is 0 Å². The van der Waals surface area contributed by atoms with Crippen LogP contribution in [-0.2, 0) is 4.79 Å². The van der Waals surface area contributed by atoms with Crippen molar-refractivity contribution in [3.8, 4) is 0 Å². The van der Waals surface area contributed by atoms with Crippen LogP contribution >= 0.6 is 15.9 Å². The van der Waals surface area contributed by atoms with Crippen LogP contribution < -0.4 is 5.32 Å². The van der Waals surface area contributed by atoms with E-state index < -0.39 is 0 Å². The third-order valence-electron chi connectivity index (χ3n) is 2.35. The fourth-order valence-electron chi connectivity index (χ4n) is 1.11. The van der Waals surface area contributed by atoms with Gasteiger partial charge in [-0.15, -0.1) is 0 Å². The van der Waals surface area contributed by atoms with Gasteiger partial charge in [-0.1, -0.05) is 6.92 Å². The molecule has 15 heavy (non-hydrogen) atoms. The van der Waals surface area contributed by atoms with Gasteiger partial charge < -0.3 is 5.32 Å². The molecule has 5 heteroatoms. The Bertz CT molecular complexity index is 337. The Morgan fingerprint density at radius 2 is 2.33 bits per heavy atom. The molecule has 1 amide bonds. The van der Waals surface area contributed by atoms with Crippen molar-refractivity contribution < 1.29 is 4.79 Å². The van der Waals surface area contributed by atoms with Crippen LogP contribution in [0.15, 0.2) is 16.9 Å². The summed E-state index contributed by atoms with van der Waals surface area (Å²) in [7, 11) is 0. The van der Waals surface area contributed by atoms with Crippen molar-refractivity contribution in [2.24, 2.45) is 0 Å². The van der Waals surface area contributed by atoms with Gasteiger partial charge in [-0.25, -0.2) is 0 Å². The van der Waals surface area contributed by atoms with Crippen molar-refractivity contribution in [1.82, 2.24) is 15.1 Å². The number of rotatable bonds is 4. The smallest absolute Gasteiger partial charge is 0.244 e. The summed E-state index contributed by atoms with van der Waals surface area (Å²) >= 11 is 3.30. The molecule has 84 valence electrons. The first-order valence-electron chi connectivity index (χ1n) is 5.04. The normalized spacial score (nSPS) is 14.7. The van der Waals surface area contributed by atoms with Crippen molar-refractivity contribution in [2.45, 2.75) is 39.3 Å². The molecule has 0 aromatic carbocycles. The Kier molecular flexibility index (Phi) is 4.32. The molecule has 1 aromatic heterocycles. The van der Waals surface area contributed by atoms with Crippen molar-refractivity contribution in [3.63, 3.8) is 0 Å². The van der Waals surface area contributed by atoms with E-state index in [1.165, 1.54) is 0 Å². The maximum atomic E-state index is 11.7. The number of hydrogen-bond donors (Lipinski definition) is 1. The molecule has 0 fully saturated rings. The van der Waals surface area contributed by atoms with Crippen LogP contribution in [0.3, 0.4) is 0 Å². The molecule has 0 bridgehead atoms. The standard InChI is InChI=1S/C10H16BrN3O/c1-4-7(2)13-10(15)8(3)14-6-9(11)5-12-14/h5-8H,4H2,1-3H3,(H,13,15)/t7-,8+/m0/s1. The van der Waals surface area contributed by atoms with Crippen molar-refractivity contribution in [1.29, 1.82) is 0 Å². The Labute approximate surface area is 98.2 Å². The molecule has 1 N–H and O–H groups in total. The molecular weight excluding hydrogens is 258 g/mol. The molecule has 2 atom stereocenters. The second-order valence-corrected chi connectivity index (χ2v) is 4.55. The van der Waals surface area contributed by atoms with Crippen molar-refractivity contribution in [3.05, 3.63) is 16.9 Å². The lowest BCUT2D eigenvalue weighted by atomic mass is 10.2. The van der Waals surface area contributed by atoms with Gasteiger partial charge in [0.25, 0.3) is 0 Å².